The Morgan fingerprint density at radius 3 is 2.50 bits per heavy atom. The van der Waals surface area contributed by atoms with Gasteiger partial charge >= 0.3 is 0 Å². The van der Waals surface area contributed by atoms with Crippen LogP contribution in [-0.4, -0.2) is 26.3 Å². The minimum absolute atomic E-state index is 0.542. The van der Waals surface area contributed by atoms with Crippen LogP contribution in [0.15, 0.2) is 49.1 Å². The van der Waals surface area contributed by atoms with Crippen molar-refractivity contribution in [2.24, 2.45) is 0 Å². The van der Waals surface area contributed by atoms with Crippen molar-refractivity contribution in [2.45, 2.75) is 6.92 Å². The molecule has 0 aliphatic rings. The summed E-state index contributed by atoms with van der Waals surface area (Å²) in [5.74, 6) is 1.57. The van der Waals surface area contributed by atoms with Crippen molar-refractivity contribution < 1.29 is 9.47 Å². The number of ether oxygens (including phenoxy) is 2. The zero-order valence-electron chi connectivity index (χ0n) is 10.9. The van der Waals surface area contributed by atoms with E-state index in [1.165, 1.54) is 0 Å². The van der Waals surface area contributed by atoms with Gasteiger partial charge in [0.15, 0.2) is 11.5 Å². The van der Waals surface area contributed by atoms with Crippen LogP contribution in [0.2, 0.25) is 0 Å². The van der Waals surface area contributed by atoms with E-state index in [9.17, 15) is 0 Å². The zero-order chi connectivity index (χ0) is 13.1. The lowest BCUT2D eigenvalue weighted by atomic mass is 10.3. The molecule has 0 amide bonds. The lowest BCUT2D eigenvalue weighted by Gasteiger charge is -2.09. The van der Waals surface area contributed by atoms with E-state index in [0.717, 1.165) is 24.6 Å². The molecule has 0 heterocycles. The number of benzene rings is 1. The lowest BCUT2D eigenvalue weighted by Crippen LogP contribution is -2.12. The first-order chi connectivity index (χ1) is 8.88. The van der Waals surface area contributed by atoms with E-state index in [2.05, 4.69) is 11.9 Å². The number of nitrogens with one attached hydrogen (secondary N) is 1. The molecule has 0 atom stereocenters. The third-order valence-corrected chi connectivity index (χ3v) is 2.20. The Bertz CT molecular complexity index is 375. The summed E-state index contributed by atoms with van der Waals surface area (Å²) in [5.41, 5.74) is 0. The summed E-state index contributed by atoms with van der Waals surface area (Å²) in [6, 6.07) is 7.70. The van der Waals surface area contributed by atoms with Crippen molar-refractivity contribution in [1.82, 2.24) is 5.32 Å². The predicted molar refractivity (Wildman–Crippen MR) is 75.3 cm³/mol. The van der Waals surface area contributed by atoms with Gasteiger partial charge in [-0.2, -0.15) is 0 Å². The maximum absolute atomic E-state index is 5.64. The molecule has 0 fully saturated rings. The van der Waals surface area contributed by atoms with Crippen LogP contribution in [0.4, 0.5) is 0 Å². The molecule has 1 N–H and O–H groups in total. The first-order valence-corrected chi connectivity index (χ1v) is 6.19. The van der Waals surface area contributed by atoms with Crippen molar-refractivity contribution in [1.29, 1.82) is 0 Å². The molecule has 1 aromatic carbocycles. The van der Waals surface area contributed by atoms with Gasteiger partial charge < -0.3 is 14.8 Å². The summed E-state index contributed by atoms with van der Waals surface area (Å²) < 4.78 is 11.1. The van der Waals surface area contributed by atoms with Gasteiger partial charge in [0, 0.05) is 13.1 Å². The fourth-order valence-electron chi connectivity index (χ4n) is 1.40. The SMILES string of the molecule is C=CCNC/C=C/COc1ccccc1OCC. The van der Waals surface area contributed by atoms with Crippen LogP contribution in [0.3, 0.4) is 0 Å². The first-order valence-electron chi connectivity index (χ1n) is 6.19. The van der Waals surface area contributed by atoms with E-state index in [1.54, 1.807) is 0 Å². The molecule has 0 aliphatic carbocycles. The summed E-state index contributed by atoms with van der Waals surface area (Å²) in [6.45, 7) is 8.42. The molecule has 0 aromatic heterocycles. The van der Waals surface area contributed by atoms with Crippen molar-refractivity contribution in [2.75, 3.05) is 26.3 Å². The van der Waals surface area contributed by atoms with Crippen LogP contribution in [0, 0.1) is 0 Å². The third-order valence-electron chi connectivity index (χ3n) is 2.20. The Kier molecular flexibility index (Phi) is 7.40. The molecule has 0 spiro atoms. The Morgan fingerprint density at radius 2 is 1.83 bits per heavy atom. The van der Waals surface area contributed by atoms with E-state index in [0.29, 0.717) is 13.2 Å². The summed E-state index contributed by atoms with van der Waals surface area (Å²) in [7, 11) is 0. The molecule has 0 aliphatic heterocycles. The molecule has 0 radical (unpaired) electrons. The minimum Gasteiger partial charge on any atom is -0.490 e. The molecule has 1 aromatic rings. The average molecular weight is 247 g/mol. The Labute approximate surface area is 109 Å². The normalized spacial score (nSPS) is 10.5. The van der Waals surface area contributed by atoms with Crippen LogP contribution in [0.25, 0.3) is 0 Å². The second-order valence-corrected chi connectivity index (χ2v) is 3.61. The number of hydrogen-bond donors (Lipinski definition) is 1. The predicted octanol–water partition coefficient (Wildman–Crippen LogP) is 2.80. The second-order valence-electron chi connectivity index (χ2n) is 3.61. The maximum Gasteiger partial charge on any atom is 0.161 e. The van der Waals surface area contributed by atoms with Gasteiger partial charge in [-0.15, -0.1) is 6.58 Å². The van der Waals surface area contributed by atoms with Crippen molar-refractivity contribution in [3.05, 3.63) is 49.1 Å². The van der Waals surface area contributed by atoms with Gasteiger partial charge in [0.25, 0.3) is 0 Å². The first kappa shape index (κ1) is 14.3. The largest absolute Gasteiger partial charge is 0.490 e. The lowest BCUT2D eigenvalue weighted by molar-refractivity contribution is 0.296. The number of para-hydroxylation sites is 2. The summed E-state index contributed by atoms with van der Waals surface area (Å²) in [5, 5.41) is 3.18. The summed E-state index contributed by atoms with van der Waals surface area (Å²) in [6.07, 6.45) is 5.86. The van der Waals surface area contributed by atoms with E-state index in [1.807, 2.05) is 49.4 Å². The fraction of sp³-hybridized carbons (Fsp3) is 0.333. The standard InChI is InChI=1S/C15H21NO2/c1-3-11-16-12-7-8-13-18-15-10-6-5-9-14(15)17-4-2/h3,5-10,16H,1,4,11-13H2,2H3/b8-7+. The van der Waals surface area contributed by atoms with Crippen molar-refractivity contribution >= 4 is 0 Å². The van der Waals surface area contributed by atoms with Crippen LogP contribution in [0.1, 0.15) is 6.92 Å². The number of hydrogen-bond acceptors (Lipinski definition) is 3. The highest BCUT2D eigenvalue weighted by Crippen LogP contribution is 2.26. The summed E-state index contributed by atoms with van der Waals surface area (Å²) in [4.78, 5) is 0. The van der Waals surface area contributed by atoms with Crippen molar-refractivity contribution in [3.63, 3.8) is 0 Å². The smallest absolute Gasteiger partial charge is 0.161 e. The quantitative estimate of drug-likeness (QED) is 0.537. The monoisotopic (exact) mass is 247 g/mol. The molecule has 0 unspecified atom stereocenters. The van der Waals surface area contributed by atoms with Crippen LogP contribution in [-0.2, 0) is 0 Å². The molecule has 0 saturated carbocycles. The minimum atomic E-state index is 0.542. The number of rotatable bonds is 9. The van der Waals surface area contributed by atoms with E-state index < -0.39 is 0 Å². The molecule has 0 saturated heterocycles. The van der Waals surface area contributed by atoms with Gasteiger partial charge in [-0.05, 0) is 19.1 Å². The van der Waals surface area contributed by atoms with Crippen LogP contribution >= 0.6 is 0 Å². The molecule has 18 heavy (non-hydrogen) atoms. The molecular formula is C15H21NO2. The van der Waals surface area contributed by atoms with Gasteiger partial charge in [-0.3, -0.25) is 0 Å². The van der Waals surface area contributed by atoms with E-state index in [-0.39, 0.29) is 0 Å². The van der Waals surface area contributed by atoms with Gasteiger partial charge in [0.2, 0.25) is 0 Å². The van der Waals surface area contributed by atoms with Gasteiger partial charge in [-0.1, -0.05) is 30.4 Å². The van der Waals surface area contributed by atoms with E-state index in [4.69, 9.17) is 9.47 Å². The fourth-order valence-corrected chi connectivity index (χ4v) is 1.40. The van der Waals surface area contributed by atoms with Gasteiger partial charge in [-0.25, -0.2) is 0 Å². The van der Waals surface area contributed by atoms with Crippen molar-refractivity contribution in [3.8, 4) is 11.5 Å². The Hall–Kier alpha value is -1.74. The topological polar surface area (TPSA) is 30.5 Å². The van der Waals surface area contributed by atoms with Gasteiger partial charge in [0.05, 0.1) is 6.61 Å². The highest BCUT2D eigenvalue weighted by atomic mass is 16.5. The maximum atomic E-state index is 5.64. The highest BCUT2D eigenvalue weighted by molar-refractivity contribution is 5.39. The van der Waals surface area contributed by atoms with Crippen LogP contribution in [0.5, 0.6) is 11.5 Å². The molecule has 1 rings (SSSR count). The van der Waals surface area contributed by atoms with Gasteiger partial charge in [0.1, 0.15) is 6.61 Å². The summed E-state index contributed by atoms with van der Waals surface area (Å²) >= 11 is 0. The molecule has 3 nitrogen and oxygen atoms in total. The van der Waals surface area contributed by atoms with E-state index >= 15 is 0 Å². The highest BCUT2D eigenvalue weighted by Gasteiger charge is 2.01. The zero-order valence-corrected chi connectivity index (χ0v) is 10.9. The Morgan fingerprint density at radius 1 is 1.11 bits per heavy atom. The average Bonchev–Trinajstić information content (AvgIpc) is 2.40. The molecule has 0 bridgehead atoms. The molecule has 3 heteroatoms. The molecular weight excluding hydrogens is 226 g/mol. The molecule has 98 valence electrons. The Balaban J connectivity index is 2.32. The second kappa shape index (κ2) is 9.31. The third kappa shape index (κ3) is 5.55. The van der Waals surface area contributed by atoms with Crippen LogP contribution < -0.4 is 14.8 Å².